The van der Waals surface area contributed by atoms with E-state index >= 15 is 0 Å². The zero-order chi connectivity index (χ0) is 18.0. The van der Waals surface area contributed by atoms with E-state index in [1.165, 1.54) is 33.4 Å². The lowest BCUT2D eigenvalue weighted by Gasteiger charge is -2.42. The number of carbonyl (C=O) groups is 1. The number of amides is 2. The minimum atomic E-state index is -4.54. The Balaban J connectivity index is 2.09. The van der Waals surface area contributed by atoms with Gasteiger partial charge in [-0.15, -0.1) is 0 Å². The van der Waals surface area contributed by atoms with Gasteiger partial charge in [-0.05, 0) is 13.8 Å². The number of ether oxygens (including phenoxy) is 2. The van der Waals surface area contributed by atoms with Gasteiger partial charge in [-0.1, -0.05) is 0 Å². The van der Waals surface area contributed by atoms with Gasteiger partial charge in [0.2, 0.25) is 0 Å². The average Bonchev–Trinajstić information content (AvgIpc) is 2.45. The molecule has 1 aliphatic rings. The van der Waals surface area contributed by atoms with Crippen LogP contribution >= 0.6 is 0 Å². The molecule has 1 atom stereocenters. The Morgan fingerprint density at radius 2 is 2.21 bits per heavy atom. The van der Waals surface area contributed by atoms with Crippen LogP contribution in [0.2, 0.25) is 0 Å². The lowest BCUT2D eigenvalue weighted by atomic mass is 10.1. The maximum Gasteiger partial charge on any atom is 0.416 e. The minimum Gasteiger partial charge on any atom is -0.378 e. The van der Waals surface area contributed by atoms with E-state index in [0.29, 0.717) is 5.69 Å². The number of urea groups is 1. The maximum atomic E-state index is 13.0. The van der Waals surface area contributed by atoms with E-state index in [2.05, 4.69) is 15.3 Å². The van der Waals surface area contributed by atoms with Crippen molar-refractivity contribution in [2.45, 2.75) is 38.3 Å². The van der Waals surface area contributed by atoms with Gasteiger partial charge in [-0.25, -0.2) is 14.8 Å². The van der Waals surface area contributed by atoms with Gasteiger partial charge in [0, 0.05) is 13.2 Å². The fraction of sp³-hybridized carbons (Fsp3) is 0.643. The first-order chi connectivity index (χ1) is 11.1. The second-order valence-corrected chi connectivity index (χ2v) is 6.05. The van der Waals surface area contributed by atoms with Gasteiger partial charge in [-0.2, -0.15) is 13.2 Å². The van der Waals surface area contributed by atoms with Gasteiger partial charge < -0.3 is 14.4 Å². The van der Waals surface area contributed by atoms with Crippen LogP contribution in [0, 0.1) is 0 Å². The van der Waals surface area contributed by atoms with Crippen LogP contribution < -0.4 is 5.32 Å². The third-order valence-corrected chi connectivity index (χ3v) is 3.32. The van der Waals surface area contributed by atoms with Crippen molar-refractivity contribution in [1.29, 1.82) is 0 Å². The van der Waals surface area contributed by atoms with Crippen LogP contribution in [-0.4, -0.2) is 59.0 Å². The Hall–Kier alpha value is -1.94. The standard InChI is InChI=1S/C14H19F3N4O3/c1-13(2)7-21(5-10(24-13)14(15,16)17)12(22)20-11-4-9(6-23-3)18-8-19-11/h4,8,10H,5-7H2,1-3H3,(H,18,19,20,22). The topological polar surface area (TPSA) is 76.6 Å². The Morgan fingerprint density at radius 1 is 1.50 bits per heavy atom. The number of nitrogens with one attached hydrogen (secondary N) is 1. The molecule has 134 valence electrons. The quantitative estimate of drug-likeness (QED) is 0.906. The van der Waals surface area contributed by atoms with Crippen molar-refractivity contribution in [3.05, 3.63) is 18.1 Å². The van der Waals surface area contributed by atoms with E-state index in [0.717, 1.165) is 4.90 Å². The van der Waals surface area contributed by atoms with Crippen molar-refractivity contribution in [2.75, 3.05) is 25.5 Å². The van der Waals surface area contributed by atoms with E-state index in [1.54, 1.807) is 0 Å². The fourth-order valence-electron chi connectivity index (χ4n) is 2.39. The molecule has 1 aromatic heterocycles. The molecule has 0 aliphatic carbocycles. The average molecular weight is 348 g/mol. The Labute approximate surface area is 137 Å². The number of carbonyl (C=O) groups excluding carboxylic acids is 1. The highest BCUT2D eigenvalue weighted by molar-refractivity contribution is 5.88. The van der Waals surface area contributed by atoms with Crippen LogP contribution in [0.25, 0.3) is 0 Å². The first-order valence-corrected chi connectivity index (χ1v) is 7.21. The van der Waals surface area contributed by atoms with Gasteiger partial charge in [0.15, 0.2) is 6.10 Å². The number of hydrogen-bond acceptors (Lipinski definition) is 5. The Bertz CT molecular complexity index is 595. The number of anilines is 1. The number of nitrogens with zero attached hydrogens (tertiary/aromatic N) is 3. The Kier molecular flexibility index (Phi) is 5.29. The molecule has 1 N–H and O–H groups in total. The van der Waals surface area contributed by atoms with Gasteiger partial charge >= 0.3 is 12.2 Å². The van der Waals surface area contributed by atoms with Gasteiger partial charge in [0.25, 0.3) is 0 Å². The van der Waals surface area contributed by atoms with Gasteiger partial charge in [-0.3, -0.25) is 5.32 Å². The summed E-state index contributed by atoms with van der Waals surface area (Å²) in [6, 6.07) is 0.816. The van der Waals surface area contributed by atoms with Gasteiger partial charge in [0.05, 0.1) is 31.0 Å². The predicted octanol–water partition coefficient (Wildman–Crippen LogP) is 2.20. The second-order valence-electron chi connectivity index (χ2n) is 6.05. The largest absolute Gasteiger partial charge is 0.416 e. The van der Waals surface area contributed by atoms with Crippen LogP contribution in [0.4, 0.5) is 23.8 Å². The Morgan fingerprint density at radius 3 is 2.83 bits per heavy atom. The minimum absolute atomic E-state index is 0.0292. The number of methoxy groups -OCH3 is 1. The zero-order valence-electron chi connectivity index (χ0n) is 13.6. The number of hydrogen-bond donors (Lipinski definition) is 1. The summed E-state index contributed by atoms with van der Waals surface area (Å²) in [5.41, 5.74) is -0.568. The maximum absolute atomic E-state index is 13.0. The summed E-state index contributed by atoms with van der Waals surface area (Å²) in [5, 5.41) is 2.48. The van der Waals surface area contributed by atoms with Crippen molar-refractivity contribution in [2.24, 2.45) is 0 Å². The smallest absolute Gasteiger partial charge is 0.378 e. The molecule has 24 heavy (non-hydrogen) atoms. The second kappa shape index (κ2) is 6.89. The number of morpholine rings is 1. The lowest BCUT2D eigenvalue weighted by Crippen LogP contribution is -2.59. The van der Waals surface area contributed by atoms with Crippen molar-refractivity contribution in [3.8, 4) is 0 Å². The molecule has 2 heterocycles. The third kappa shape index (κ3) is 4.78. The summed E-state index contributed by atoms with van der Waals surface area (Å²) < 4.78 is 48.9. The molecule has 1 unspecified atom stereocenters. The van der Waals surface area contributed by atoms with Crippen LogP contribution in [0.1, 0.15) is 19.5 Å². The molecule has 1 aromatic rings. The van der Waals surface area contributed by atoms with E-state index < -0.39 is 30.5 Å². The summed E-state index contributed by atoms with van der Waals surface area (Å²) in [7, 11) is 1.49. The number of halogens is 3. The number of rotatable bonds is 3. The van der Waals surface area contributed by atoms with Crippen LogP contribution in [-0.2, 0) is 16.1 Å². The van der Waals surface area contributed by atoms with Crippen LogP contribution in [0.5, 0.6) is 0 Å². The third-order valence-electron chi connectivity index (χ3n) is 3.32. The highest BCUT2D eigenvalue weighted by Gasteiger charge is 2.49. The summed E-state index contributed by atoms with van der Waals surface area (Å²) in [5.74, 6) is 0.190. The van der Waals surface area contributed by atoms with Crippen LogP contribution in [0.3, 0.4) is 0 Å². The molecule has 7 nitrogen and oxygen atoms in total. The van der Waals surface area contributed by atoms with E-state index in [9.17, 15) is 18.0 Å². The number of aromatic nitrogens is 2. The summed E-state index contributed by atoms with van der Waals surface area (Å²) in [6.07, 6.45) is -5.33. The summed E-state index contributed by atoms with van der Waals surface area (Å²) >= 11 is 0. The predicted molar refractivity (Wildman–Crippen MR) is 78.3 cm³/mol. The fourth-order valence-corrected chi connectivity index (χ4v) is 2.39. The monoisotopic (exact) mass is 348 g/mol. The highest BCUT2D eigenvalue weighted by Crippen LogP contribution is 2.31. The summed E-state index contributed by atoms with van der Waals surface area (Å²) in [4.78, 5) is 21.2. The lowest BCUT2D eigenvalue weighted by molar-refractivity contribution is -0.267. The normalized spacial score (nSPS) is 20.8. The first-order valence-electron chi connectivity index (χ1n) is 7.21. The van der Waals surface area contributed by atoms with E-state index in [4.69, 9.17) is 9.47 Å². The molecule has 0 saturated carbocycles. The van der Waals surface area contributed by atoms with Crippen molar-refractivity contribution >= 4 is 11.8 Å². The molecule has 0 bridgehead atoms. The molecule has 1 saturated heterocycles. The van der Waals surface area contributed by atoms with Crippen LogP contribution in [0.15, 0.2) is 12.4 Å². The molecule has 0 aromatic carbocycles. The molecule has 2 amide bonds. The molecule has 10 heteroatoms. The highest BCUT2D eigenvalue weighted by atomic mass is 19.4. The molecule has 1 aliphatic heterocycles. The summed E-state index contributed by atoms with van der Waals surface area (Å²) in [6.45, 7) is 2.70. The SMILES string of the molecule is COCc1cc(NC(=O)N2CC(C(F)(F)F)OC(C)(C)C2)ncn1. The molecular weight excluding hydrogens is 329 g/mol. The van der Waals surface area contributed by atoms with Crippen molar-refractivity contribution < 1.29 is 27.4 Å². The first kappa shape index (κ1) is 18.4. The van der Waals surface area contributed by atoms with Crippen molar-refractivity contribution in [3.63, 3.8) is 0 Å². The van der Waals surface area contributed by atoms with E-state index in [1.807, 2.05) is 0 Å². The van der Waals surface area contributed by atoms with E-state index in [-0.39, 0.29) is 19.0 Å². The van der Waals surface area contributed by atoms with Crippen molar-refractivity contribution in [1.82, 2.24) is 14.9 Å². The molecule has 1 fully saturated rings. The molecule has 0 radical (unpaired) electrons. The zero-order valence-corrected chi connectivity index (χ0v) is 13.6. The number of alkyl halides is 3. The van der Waals surface area contributed by atoms with Gasteiger partial charge in [0.1, 0.15) is 12.1 Å². The molecular formula is C14H19F3N4O3. The molecule has 2 rings (SSSR count). The molecule has 0 spiro atoms.